The molecule has 0 bridgehead atoms. The first kappa shape index (κ1) is 23.9. The number of sulfone groups is 1. The third kappa shape index (κ3) is 4.57. The number of amides is 2. The second-order valence-corrected chi connectivity index (χ2v) is 11.8. The zero-order chi connectivity index (χ0) is 24.9. The monoisotopic (exact) mass is 518 g/mol. The Morgan fingerprint density at radius 1 is 1.11 bits per heavy atom. The number of halogens is 1. The SMILES string of the molecule is CN1C=C2C(=O)N(C3CCN(C(=O)[C@H](O)CS(=O)(=O)c4ccc5cc(Cl)ccc5c4)CC3)CN2C1. The summed E-state index contributed by atoms with van der Waals surface area (Å²) in [7, 11) is -1.96. The number of nitrogens with zero attached hydrogens (tertiary/aromatic N) is 4. The summed E-state index contributed by atoms with van der Waals surface area (Å²) in [4.78, 5) is 33.0. The number of carbonyl (C=O) groups is 2. The summed E-state index contributed by atoms with van der Waals surface area (Å²) in [5, 5.41) is 12.6. The highest BCUT2D eigenvalue weighted by Gasteiger charge is 2.41. The van der Waals surface area contributed by atoms with Crippen LogP contribution in [0.5, 0.6) is 0 Å². The standard InChI is InChI=1S/C24H27ClN4O5S/c1-26-12-21-23(31)29(15-28(21)14-26)19-6-8-27(9-7-19)24(32)22(30)13-35(33,34)20-5-3-16-10-18(25)4-2-17(16)11-20/h2-5,10-12,19,22,30H,6-9,13-15H2,1H3/t22-/m1/s1. The maximum Gasteiger partial charge on any atom is 0.273 e. The van der Waals surface area contributed by atoms with E-state index in [9.17, 15) is 23.1 Å². The molecule has 3 aliphatic rings. The number of aliphatic hydroxyl groups excluding tert-OH is 1. The topological polar surface area (TPSA) is 101 Å². The Bertz CT molecular complexity index is 1320. The van der Waals surface area contributed by atoms with Gasteiger partial charge in [-0.2, -0.15) is 0 Å². The van der Waals surface area contributed by atoms with Crippen molar-refractivity contribution in [3.63, 3.8) is 0 Å². The van der Waals surface area contributed by atoms with Crippen LogP contribution in [-0.2, 0) is 19.4 Å². The van der Waals surface area contributed by atoms with Crippen molar-refractivity contribution in [2.24, 2.45) is 0 Å². The van der Waals surface area contributed by atoms with Crippen LogP contribution in [0, 0.1) is 0 Å². The molecule has 35 heavy (non-hydrogen) atoms. The molecule has 2 fully saturated rings. The number of hydrogen-bond acceptors (Lipinski definition) is 7. The Hall–Kier alpha value is -2.82. The minimum absolute atomic E-state index is 0.00270. The highest BCUT2D eigenvalue weighted by molar-refractivity contribution is 7.91. The molecule has 5 rings (SSSR count). The quantitative estimate of drug-likeness (QED) is 0.639. The van der Waals surface area contributed by atoms with Gasteiger partial charge in [0.15, 0.2) is 9.84 Å². The second kappa shape index (κ2) is 9.00. The van der Waals surface area contributed by atoms with E-state index < -0.39 is 27.6 Å². The molecule has 2 aromatic carbocycles. The van der Waals surface area contributed by atoms with Crippen LogP contribution in [0.2, 0.25) is 5.02 Å². The van der Waals surface area contributed by atoms with Crippen LogP contribution in [0.1, 0.15) is 12.8 Å². The first-order valence-corrected chi connectivity index (χ1v) is 13.5. The van der Waals surface area contributed by atoms with Gasteiger partial charge >= 0.3 is 0 Å². The normalized spacial score (nSPS) is 20.0. The lowest BCUT2D eigenvalue weighted by Gasteiger charge is -2.37. The molecule has 2 saturated heterocycles. The summed E-state index contributed by atoms with van der Waals surface area (Å²) < 4.78 is 25.8. The molecule has 3 heterocycles. The van der Waals surface area contributed by atoms with Crippen LogP contribution < -0.4 is 0 Å². The van der Waals surface area contributed by atoms with Crippen LogP contribution in [0.4, 0.5) is 0 Å². The minimum Gasteiger partial charge on any atom is -0.382 e. The van der Waals surface area contributed by atoms with Crippen molar-refractivity contribution in [1.29, 1.82) is 0 Å². The lowest BCUT2D eigenvalue weighted by molar-refractivity contribution is -0.141. The van der Waals surface area contributed by atoms with Crippen molar-refractivity contribution >= 4 is 44.0 Å². The van der Waals surface area contributed by atoms with Crippen molar-refractivity contribution in [3.05, 3.63) is 53.3 Å². The highest BCUT2D eigenvalue weighted by atomic mass is 35.5. The Balaban J connectivity index is 1.19. The van der Waals surface area contributed by atoms with Gasteiger partial charge in [0.2, 0.25) is 0 Å². The summed E-state index contributed by atoms with van der Waals surface area (Å²) in [5.74, 6) is -1.29. The summed E-state index contributed by atoms with van der Waals surface area (Å²) in [6.07, 6.45) is 1.36. The predicted octanol–water partition coefficient (Wildman–Crippen LogP) is 1.46. The molecule has 0 aromatic heterocycles. The van der Waals surface area contributed by atoms with Gasteiger partial charge in [0.1, 0.15) is 11.8 Å². The zero-order valence-electron chi connectivity index (χ0n) is 19.3. The Morgan fingerprint density at radius 2 is 1.80 bits per heavy atom. The van der Waals surface area contributed by atoms with E-state index in [-0.39, 0.29) is 16.8 Å². The van der Waals surface area contributed by atoms with Crippen molar-refractivity contribution in [3.8, 4) is 0 Å². The molecule has 3 aliphatic heterocycles. The minimum atomic E-state index is -3.89. The van der Waals surface area contributed by atoms with E-state index in [4.69, 9.17) is 11.6 Å². The van der Waals surface area contributed by atoms with Gasteiger partial charge in [-0.15, -0.1) is 0 Å². The van der Waals surface area contributed by atoms with Gasteiger partial charge in [-0.05, 0) is 47.9 Å². The number of carbonyl (C=O) groups excluding carboxylic acids is 2. The number of benzene rings is 2. The number of piperidine rings is 1. The summed E-state index contributed by atoms with van der Waals surface area (Å²) in [6.45, 7) is 1.94. The van der Waals surface area contributed by atoms with E-state index in [1.807, 2.05) is 27.9 Å². The van der Waals surface area contributed by atoms with Crippen molar-refractivity contribution in [1.82, 2.24) is 19.6 Å². The molecule has 1 atom stereocenters. The van der Waals surface area contributed by atoms with E-state index >= 15 is 0 Å². The number of aliphatic hydroxyl groups is 1. The molecule has 0 spiro atoms. The third-order valence-corrected chi connectivity index (χ3v) is 8.85. The Morgan fingerprint density at radius 3 is 2.51 bits per heavy atom. The number of likely N-dealkylation sites (tertiary alicyclic amines) is 1. The molecular weight excluding hydrogens is 492 g/mol. The molecule has 0 unspecified atom stereocenters. The largest absolute Gasteiger partial charge is 0.382 e. The molecule has 186 valence electrons. The van der Waals surface area contributed by atoms with Crippen LogP contribution in [0.25, 0.3) is 10.8 Å². The first-order chi connectivity index (χ1) is 16.6. The van der Waals surface area contributed by atoms with Gasteiger partial charge in [0.05, 0.1) is 24.0 Å². The number of rotatable bonds is 5. The molecule has 11 heteroatoms. The summed E-state index contributed by atoms with van der Waals surface area (Å²) in [6, 6.07) is 9.80. The number of hydrogen-bond donors (Lipinski definition) is 1. The molecule has 0 aliphatic carbocycles. The van der Waals surface area contributed by atoms with Crippen molar-refractivity contribution in [2.75, 3.05) is 39.2 Å². The Kier molecular flexibility index (Phi) is 6.14. The van der Waals surface area contributed by atoms with E-state index in [1.54, 1.807) is 24.3 Å². The van der Waals surface area contributed by atoms with Gasteiger partial charge in [-0.1, -0.05) is 23.7 Å². The molecule has 1 N–H and O–H groups in total. The van der Waals surface area contributed by atoms with Crippen LogP contribution in [0.15, 0.2) is 53.2 Å². The van der Waals surface area contributed by atoms with Gasteiger partial charge in [0.25, 0.3) is 11.8 Å². The average molecular weight is 519 g/mol. The van der Waals surface area contributed by atoms with Gasteiger partial charge in [-0.3, -0.25) is 9.59 Å². The third-order valence-electron chi connectivity index (χ3n) is 6.89. The smallest absolute Gasteiger partial charge is 0.273 e. The fourth-order valence-corrected chi connectivity index (χ4v) is 6.55. The van der Waals surface area contributed by atoms with Crippen LogP contribution >= 0.6 is 11.6 Å². The molecule has 2 amide bonds. The van der Waals surface area contributed by atoms with E-state index in [1.165, 1.54) is 17.0 Å². The lowest BCUT2D eigenvalue weighted by Crippen LogP contribution is -2.51. The van der Waals surface area contributed by atoms with Crippen molar-refractivity contribution in [2.45, 2.75) is 29.9 Å². The lowest BCUT2D eigenvalue weighted by atomic mass is 10.0. The summed E-state index contributed by atoms with van der Waals surface area (Å²) >= 11 is 5.99. The van der Waals surface area contributed by atoms with E-state index in [0.29, 0.717) is 55.4 Å². The second-order valence-electron chi connectivity index (χ2n) is 9.38. The maximum absolute atomic E-state index is 12.9. The molecule has 2 aromatic rings. The van der Waals surface area contributed by atoms with Crippen LogP contribution in [0.3, 0.4) is 0 Å². The molecule has 0 saturated carbocycles. The molecular formula is C24H27ClN4O5S. The van der Waals surface area contributed by atoms with Gasteiger partial charge in [-0.25, -0.2) is 8.42 Å². The highest BCUT2D eigenvalue weighted by Crippen LogP contribution is 2.29. The van der Waals surface area contributed by atoms with Gasteiger partial charge in [0, 0.05) is 37.4 Å². The van der Waals surface area contributed by atoms with Crippen molar-refractivity contribution < 1.29 is 23.1 Å². The first-order valence-electron chi connectivity index (χ1n) is 11.5. The fourth-order valence-electron chi connectivity index (χ4n) is 5.04. The maximum atomic E-state index is 12.9. The van der Waals surface area contributed by atoms with E-state index in [0.717, 1.165) is 5.39 Å². The number of fused-ring (bicyclic) bond motifs is 2. The fraction of sp³-hybridized carbons (Fsp3) is 0.417. The molecule has 0 radical (unpaired) electrons. The Labute approximate surface area is 209 Å². The molecule has 9 nitrogen and oxygen atoms in total. The summed E-state index contributed by atoms with van der Waals surface area (Å²) in [5.41, 5.74) is 0.698. The predicted molar refractivity (Wildman–Crippen MR) is 131 cm³/mol. The van der Waals surface area contributed by atoms with Gasteiger partial charge < -0.3 is 24.7 Å². The van der Waals surface area contributed by atoms with Crippen LogP contribution in [-0.4, -0.2) is 96.3 Å². The van der Waals surface area contributed by atoms with E-state index in [2.05, 4.69) is 0 Å². The average Bonchev–Trinajstić information content (AvgIpc) is 3.34. The zero-order valence-corrected chi connectivity index (χ0v) is 20.9.